The molecule has 2 aromatic heterocycles. The molecule has 0 radical (unpaired) electrons. The number of hydrogen-bond donors (Lipinski definition) is 1. The number of aromatic nitrogens is 3. The highest BCUT2D eigenvalue weighted by atomic mass is 32.2. The number of thioether (sulfide) groups is 1. The van der Waals surface area contributed by atoms with Gasteiger partial charge in [0.1, 0.15) is 0 Å². The zero-order valence-electron chi connectivity index (χ0n) is 15.3. The number of aromatic amines is 1. The summed E-state index contributed by atoms with van der Waals surface area (Å²) in [5, 5.41) is 0. The minimum Gasteiger partial charge on any atom is -0.334 e. The van der Waals surface area contributed by atoms with Crippen LogP contribution in [-0.4, -0.2) is 32.1 Å². The smallest absolute Gasteiger partial charge is 0.196 e. The van der Waals surface area contributed by atoms with Crippen molar-refractivity contribution in [2.75, 3.05) is 12.3 Å². The molecule has 0 bridgehead atoms. The van der Waals surface area contributed by atoms with Crippen molar-refractivity contribution >= 4 is 24.0 Å². The maximum atomic E-state index is 5.11. The van der Waals surface area contributed by atoms with Gasteiger partial charge in [0.2, 0.25) is 0 Å². The highest BCUT2D eigenvalue weighted by molar-refractivity contribution is 7.99. The van der Waals surface area contributed by atoms with E-state index in [1.54, 1.807) is 0 Å². The Kier molecular flexibility index (Phi) is 5.66. The lowest BCUT2D eigenvalue weighted by molar-refractivity contribution is 0.242. The molecule has 3 aromatic rings. The molecule has 1 N–H and O–H groups in total. The number of nitrogens with zero attached hydrogens (tertiary/aromatic N) is 3. The van der Waals surface area contributed by atoms with Gasteiger partial charge in [0.25, 0.3) is 0 Å². The van der Waals surface area contributed by atoms with Crippen molar-refractivity contribution < 1.29 is 0 Å². The maximum Gasteiger partial charge on any atom is 0.196 e. The molecule has 0 fully saturated rings. The van der Waals surface area contributed by atoms with Crippen LogP contribution in [0, 0.1) is 4.77 Å². The summed E-state index contributed by atoms with van der Waals surface area (Å²) in [4.78, 5) is 15.8. The number of H-pyrrole nitrogens is 1. The number of benzene rings is 1. The number of pyridine rings is 1. The van der Waals surface area contributed by atoms with Crippen LogP contribution >= 0.6 is 24.0 Å². The Morgan fingerprint density at radius 2 is 1.96 bits per heavy atom. The normalized spacial score (nSPS) is 14.1. The molecular formula is C21H22N4S2. The van der Waals surface area contributed by atoms with Crippen molar-refractivity contribution in [3.05, 3.63) is 70.4 Å². The van der Waals surface area contributed by atoms with E-state index < -0.39 is 0 Å². The molecule has 4 nitrogen and oxygen atoms in total. The first-order valence-corrected chi connectivity index (χ1v) is 10.6. The molecule has 0 saturated heterocycles. The van der Waals surface area contributed by atoms with Crippen molar-refractivity contribution in [3.63, 3.8) is 0 Å². The summed E-state index contributed by atoms with van der Waals surface area (Å²) in [6, 6.07) is 12.9. The standard InChI is InChI=1S/C21H22N4S2/c1-2-27-18-6-4-16(5-7-18)19-8-3-15(11-22-19)13-25-10-9-20-17(14-25)12-23-21(26)24-20/h3-8,11-12H,2,9-10,13-14H2,1H3,(H,23,24,26). The van der Waals surface area contributed by atoms with Crippen LogP contribution in [0.1, 0.15) is 23.7 Å². The fourth-order valence-corrected chi connectivity index (χ4v) is 4.21. The highest BCUT2D eigenvalue weighted by Gasteiger charge is 2.17. The predicted octanol–water partition coefficient (Wildman–Crippen LogP) is 4.87. The van der Waals surface area contributed by atoms with Gasteiger partial charge in [-0.05, 0) is 41.7 Å². The molecule has 0 saturated carbocycles. The van der Waals surface area contributed by atoms with Gasteiger partial charge in [-0.1, -0.05) is 25.1 Å². The average molecular weight is 395 g/mol. The van der Waals surface area contributed by atoms with E-state index in [2.05, 4.69) is 63.2 Å². The van der Waals surface area contributed by atoms with Gasteiger partial charge in [0.15, 0.2) is 4.77 Å². The zero-order valence-corrected chi connectivity index (χ0v) is 16.9. The molecule has 1 aliphatic rings. The van der Waals surface area contributed by atoms with E-state index in [9.17, 15) is 0 Å². The molecule has 1 aliphatic heterocycles. The van der Waals surface area contributed by atoms with Crippen molar-refractivity contribution in [2.24, 2.45) is 0 Å². The Morgan fingerprint density at radius 3 is 2.70 bits per heavy atom. The van der Waals surface area contributed by atoms with Crippen molar-refractivity contribution in [2.45, 2.75) is 31.3 Å². The zero-order chi connectivity index (χ0) is 18.6. The van der Waals surface area contributed by atoms with E-state index >= 15 is 0 Å². The van der Waals surface area contributed by atoms with Crippen LogP contribution in [0.15, 0.2) is 53.7 Å². The SMILES string of the molecule is CCSc1ccc(-c2ccc(CN3CCc4[nH]c(=S)ncc4C3)cn2)cc1. The predicted molar refractivity (Wildman–Crippen MR) is 113 cm³/mol. The fraction of sp³-hybridized carbons (Fsp3) is 0.286. The number of hydrogen-bond acceptors (Lipinski definition) is 5. The summed E-state index contributed by atoms with van der Waals surface area (Å²) in [5.41, 5.74) is 5.88. The van der Waals surface area contributed by atoms with E-state index in [1.165, 1.54) is 21.7 Å². The third kappa shape index (κ3) is 4.46. The molecule has 0 unspecified atom stereocenters. The van der Waals surface area contributed by atoms with Gasteiger partial charge < -0.3 is 4.98 Å². The summed E-state index contributed by atoms with van der Waals surface area (Å²) in [7, 11) is 0. The first kappa shape index (κ1) is 18.3. The molecule has 6 heteroatoms. The molecule has 4 rings (SSSR count). The Hall–Kier alpha value is -2.02. The lowest BCUT2D eigenvalue weighted by Gasteiger charge is -2.28. The van der Waals surface area contributed by atoms with Crippen LogP contribution in [-0.2, 0) is 19.5 Å². The van der Waals surface area contributed by atoms with Gasteiger partial charge in [-0.25, -0.2) is 4.98 Å². The van der Waals surface area contributed by atoms with Crippen LogP contribution in [0.2, 0.25) is 0 Å². The largest absolute Gasteiger partial charge is 0.334 e. The van der Waals surface area contributed by atoms with Gasteiger partial charge in [0, 0.05) is 60.2 Å². The lowest BCUT2D eigenvalue weighted by Crippen LogP contribution is -2.30. The van der Waals surface area contributed by atoms with Crippen LogP contribution in [0.5, 0.6) is 0 Å². The Labute approximate surface area is 169 Å². The van der Waals surface area contributed by atoms with Gasteiger partial charge in [-0.15, -0.1) is 11.8 Å². The summed E-state index contributed by atoms with van der Waals surface area (Å²) >= 11 is 6.97. The molecule has 138 valence electrons. The highest BCUT2D eigenvalue weighted by Crippen LogP contribution is 2.23. The van der Waals surface area contributed by atoms with Gasteiger partial charge in [0.05, 0.1) is 5.69 Å². The summed E-state index contributed by atoms with van der Waals surface area (Å²) in [6.45, 7) is 4.98. The minimum atomic E-state index is 0.573. The van der Waals surface area contributed by atoms with Gasteiger partial charge >= 0.3 is 0 Å². The van der Waals surface area contributed by atoms with E-state index in [0.717, 1.165) is 43.1 Å². The van der Waals surface area contributed by atoms with E-state index in [0.29, 0.717) is 4.77 Å². The molecule has 1 aromatic carbocycles. The second-order valence-corrected chi connectivity index (χ2v) is 8.39. The third-order valence-electron chi connectivity index (χ3n) is 4.75. The monoisotopic (exact) mass is 394 g/mol. The summed E-state index contributed by atoms with van der Waals surface area (Å²) in [5.74, 6) is 1.09. The number of rotatable bonds is 5. The van der Waals surface area contributed by atoms with Crippen molar-refractivity contribution in [1.29, 1.82) is 0 Å². The lowest BCUT2D eigenvalue weighted by atomic mass is 10.1. The van der Waals surface area contributed by atoms with Crippen LogP contribution < -0.4 is 0 Å². The molecule has 0 atom stereocenters. The summed E-state index contributed by atoms with van der Waals surface area (Å²) < 4.78 is 0.573. The second-order valence-electron chi connectivity index (χ2n) is 6.66. The van der Waals surface area contributed by atoms with Crippen LogP contribution in [0.25, 0.3) is 11.3 Å². The third-order valence-corrected chi connectivity index (χ3v) is 5.85. The van der Waals surface area contributed by atoms with Crippen LogP contribution in [0.3, 0.4) is 0 Å². The fourth-order valence-electron chi connectivity index (χ4n) is 3.38. The Balaban J connectivity index is 1.42. The minimum absolute atomic E-state index is 0.573. The van der Waals surface area contributed by atoms with Gasteiger partial charge in [-0.2, -0.15) is 0 Å². The van der Waals surface area contributed by atoms with E-state index in [4.69, 9.17) is 12.2 Å². The topological polar surface area (TPSA) is 44.8 Å². The quantitative estimate of drug-likeness (QED) is 0.494. The van der Waals surface area contributed by atoms with Crippen LogP contribution in [0.4, 0.5) is 0 Å². The van der Waals surface area contributed by atoms with E-state index in [-0.39, 0.29) is 0 Å². The first-order valence-electron chi connectivity index (χ1n) is 9.19. The van der Waals surface area contributed by atoms with Gasteiger partial charge in [-0.3, -0.25) is 9.88 Å². The summed E-state index contributed by atoms with van der Waals surface area (Å²) in [6.07, 6.45) is 4.88. The maximum absolute atomic E-state index is 5.11. The Morgan fingerprint density at radius 1 is 1.11 bits per heavy atom. The first-order chi connectivity index (χ1) is 13.2. The Bertz CT molecular complexity index is 965. The number of nitrogens with one attached hydrogen (secondary N) is 1. The second kappa shape index (κ2) is 8.33. The van der Waals surface area contributed by atoms with Crippen molar-refractivity contribution in [3.8, 4) is 11.3 Å². The molecule has 0 amide bonds. The average Bonchev–Trinajstić information content (AvgIpc) is 2.70. The molecule has 3 heterocycles. The molecule has 27 heavy (non-hydrogen) atoms. The van der Waals surface area contributed by atoms with Crippen molar-refractivity contribution in [1.82, 2.24) is 19.9 Å². The number of fused-ring (bicyclic) bond motifs is 1. The molecule has 0 spiro atoms. The molecule has 0 aliphatic carbocycles. The molecular weight excluding hydrogens is 372 g/mol. The van der Waals surface area contributed by atoms with E-state index in [1.807, 2.05) is 24.2 Å².